The van der Waals surface area contributed by atoms with Gasteiger partial charge in [0.15, 0.2) is 11.2 Å². The average Bonchev–Trinajstić information content (AvgIpc) is 3.54. The van der Waals surface area contributed by atoms with Crippen LogP contribution < -0.4 is 10.6 Å². The molecule has 0 aromatic carbocycles. The summed E-state index contributed by atoms with van der Waals surface area (Å²) in [5.74, 6) is 0.0579. The third kappa shape index (κ3) is 5.93. The second kappa shape index (κ2) is 12.7. The number of hydrogen-bond acceptors (Lipinski definition) is 10. The molecule has 0 fully saturated rings. The third-order valence-electron chi connectivity index (χ3n) is 6.66. The van der Waals surface area contributed by atoms with E-state index in [0.717, 1.165) is 0 Å². The molecule has 2 spiro atoms. The molecule has 4 rings (SSSR count). The molecule has 0 bridgehead atoms. The highest BCUT2D eigenvalue weighted by molar-refractivity contribution is 9.12. The first-order valence-corrected chi connectivity index (χ1v) is 15.2. The Bertz CT molecular complexity index is 1180. The molecule has 2 aliphatic carbocycles. The molecular weight excluding hydrogens is 792 g/mol. The van der Waals surface area contributed by atoms with Crippen molar-refractivity contribution < 1.29 is 39.0 Å². The normalized spacial score (nSPS) is 29.4. The fraction of sp³-hybridized carbons (Fsp3) is 0.500. The van der Waals surface area contributed by atoms with Crippen molar-refractivity contribution in [1.82, 2.24) is 10.6 Å². The number of nitrogens with one attached hydrogen (secondary N) is 2. The minimum Gasteiger partial charge on any atom is -0.495 e. The van der Waals surface area contributed by atoms with Crippen LogP contribution in [0.25, 0.3) is 0 Å². The molecule has 2 amide bonds. The molecule has 0 aromatic rings. The number of carbonyl (C=O) groups is 2. The van der Waals surface area contributed by atoms with Gasteiger partial charge in [-0.05, 0) is 88.7 Å². The average molecular weight is 818 g/mol. The van der Waals surface area contributed by atoms with Crippen molar-refractivity contribution in [2.24, 2.45) is 10.3 Å². The second-order valence-corrected chi connectivity index (χ2v) is 12.7. The van der Waals surface area contributed by atoms with Gasteiger partial charge in [0.25, 0.3) is 11.8 Å². The molecule has 12 nitrogen and oxygen atoms in total. The number of nitrogens with zero attached hydrogens (tertiary/aromatic N) is 2. The highest BCUT2D eigenvalue weighted by Crippen LogP contribution is 2.45. The van der Waals surface area contributed by atoms with Gasteiger partial charge in [-0.1, -0.05) is 10.3 Å². The van der Waals surface area contributed by atoms with Crippen molar-refractivity contribution >= 4 is 87.0 Å². The predicted octanol–water partition coefficient (Wildman–Crippen LogP) is 2.84. The SMILES string of the molecule is COC1=C(Br)[C@@H](O)[C@]2(C=C1Br)CC(C(=O)NCCCCNC(=O)C1=NO[C@]3(C=C(Br)C(OC)=C(Br)[C@@H]3O)C1)=NO2. The van der Waals surface area contributed by atoms with E-state index in [1.165, 1.54) is 14.2 Å². The number of carbonyl (C=O) groups excluding carboxylic acids is 2. The zero-order valence-electron chi connectivity index (χ0n) is 21.3. The molecule has 2 aliphatic heterocycles. The van der Waals surface area contributed by atoms with Crippen LogP contribution >= 0.6 is 63.7 Å². The molecule has 0 saturated heterocycles. The van der Waals surface area contributed by atoms with Crippen LogP contribution in [0, 0.1) is 0 Å². The van der Waals surface area contributed by atoms with Crippen molar-refractivity contribution in [3.63, 3.8) is 0 Å². The molecule has 218 valence electrons. The monoisotopic (exact) mass is 814 g/mol. The van der Waals surface area contributed by atoms with Gasteiger partial charge < -0.3 is 40.0 Å². The summed E-state index contributed by atoms with van der Waals surface area (Å²) in [6, 6.07) is 0. The van der Waals surface area contributed by atoms with Crippen LogP contribution in [0.2, 0.25) is 0 Å². The summed E-state index contributed by atoms with van der Waals surface area (Å²) in [6.07, 6.45) is 2.37. The first-order chi connectivity index (χ1) is 19.0. The Morgan fingerprint density at radius 3 is 1.57 bits per heavy atom. The van der Waals surface area contributed by atoms with E-state index in [0.29, 0.717) is 55.4 Å². The Kier molecular flexibility index (Phi) is 9.87. The van der Waals surface area contributed by atoms with Crippen LogP contribution in [-0.2, 0) is 28.7 Å². The Hall–Kier alpha value is -1.72. The Balaban J connectivity index is 1.17. The first kappa shape index (κ1) is 31.2. The van der Waals surface area contributed by atoms with E-state index in [9.17, 15) is 19.8 Å². The van der Waals surface area contributed by atoms with Crippen LogP contribution in [0.5, 0.6) is 0 Å². The molecule has 4 N–H and O–H groups in total. The van der Waals surface area contributed by atoms with E-state index in [2.05, 4.69) is 84.7 Å². The van der Waals surface area contributed by atoms with Gasteiger partial charge in [-0.3, -0.25) is 9.59 Å². The molecule has 40 heavy (non-hydrogen) atoms. The van der Waals surface area contributed by atoms with Gasteiger partial charge in [-0.2, -0.15) is 0 Å². The molecule has 16 heteroatoms. The van der Waals surface area contributed by atoms with E-state index in [-0.39, 0.29) is 24.3 Å². The Morgan fingerprint density at radius 1 is 0.850 bits per heavy atom. The Labute approximate surface area is 263 Å². The van der Waals surface area contributed by atoms with Gasteiger partial charge in [0.2, 0.25) is 0 Å². The maximum atomic E-state index is 12.6. The summed E-state index contributed by atoms with van der Waals surface area (Å²) in [4.78, 5) is 36.2. The van der Waals surface area contributed by atoms with Crippen molar-refractivity contribution in [2.45, 2.75) is 49.1 Å². The predicted molar refractivity (Wildman–Crippen MR) is 159 cm³/mol. The molecule has 2 heterocycles. The van der Waals surface area contributed by atoms with Gasteiger partial charge in [0, 0.05) is 25.9 Å². The summed E-state index contributed by atoms with van der Waals surface area (Å²) in [5.41, 5.74) is -2.13. The quantitative estimate of drug-likeness (QED) is 0.259. The minimum atomic E-state index is -1.22. The number of halogens is 4. The molecule has 0 unspecified atom stereocenters. The van der Waals surface area contributed by atoms with E-state index < -0.39 is 35.2 Å². The summed E-state index contributed by atoms with van der Waals surface area (Å²) >= 11 is 13.4. The number of amides is 2. The van der Waals surface area contributed by atoms with Crippen LogP contribution in [-0.4, -0.2) is 84.2 Å². The fourth-order valence-electron chi connectivity index (χ4n) is 4.50. The fourth-order valence-corrected chi connectivity index (χ4v) is 8.08. The van der Waals surface area contributed by atoms with Crippen LogP contribution in [0.4, 0.5) is 0 Å². The number of unbranched alkanes of at least 4 members (excludes halogenated alkanes) is 1. The molecule has 0 radical (unpaired) electrons. The highest BCUT2D eigenvalue weighted by atomic mass is 79.9. The maximum Gasteiger partial charge on any atom is 0.269 e. The van der Waals surface area contributed by atoms with Crippen molar-refractivity contribution in [1.29, 1.82) is 0 Å². The zero-order chi connectivity index (χ0) is 29.2. The number of aliphatic hydroxyl groups excluding tert-OH is 2. The van der Waals surface area contributed by atoms with Crippen LogP contribution in [0.1, 0.15) is 25.7 Å². The lowest BCUT2D eigenvalue weighted by atomic mass is 9.87. The van der Waals surface area contributed by atoms with Crippen molar-refractivity contribution in [3.05, 3.63) is 41.6 Å². The van der Waals surface area contributed by atoms with Gasteiger partial charge in [-0.25, -0.2) is 0 Å². The molecule has 4 aliphatic rings. The van der Waals surface area contributed by atoms with E-state index in [1.54, 1.807) is 12.2 Å². The lowest BCUT2D eigenvalue weighted by Crippen LogP contribution is -2.45. The van der Waals surface area contributed by atoms with Crippen LogP contribution in [0.15, 0.2) is 51.9 Å². The zero-order valence-corrected chi connectivity index (χ0v) is 27.6. The Morgan fingerprint density at radius 2 is 1.23 bits per heavy atom. The number of methoxy groups -OCH3 is 2. The number of hydrogen-bond donors (Lipinski definition) is 4. The molecule has 4 atom stereocenters. The second-order valence-electron chi connectivity index (χ2n) is 9.29. The van der Waals surface area contributed by atoms with Gasteiger partial charge in [0.05, 0.1) is 32.1 Å². The number of rotatable bonds is 9. The maximum absolute atomic E-state index is 12.6. The van der Waals surface area contributed by atoms with Gasteiger partial charge >= 0.3 is 0 Å². The highest BCUT2D eigenvalue weighted by Gasteiger charge is 2.51. The van der Waals surface area contributed by atoms with E-state index in [1.807, 2.05) is 0 Å². The lowest BCUT2D eigenvalue weighted by Gasteiger charge is -2.33. The number of aliphatic hydroxyl groups is 2. The van der Waals surface area contributed by atoms with Gasteiger partial charge in [-0.15, -0.1) is 0 Å². The number of oxime groups is 2. The molecule has 0 saturated carbocycles. The topological polar surface area (TPSA) is 160 Å². The summed E-state index contributed by atoms with van der Waals surface area (Å²) < 4.78 is 12.4. The van der Waals surface area contributed by atoms with E-state index >= 15 is 0 Å². The number of ether oxygens (including phenoxy) is 2. The summed E-state index contributed by atoms with van der Waals surface area (Å²) in [5, 5.41) is 34.8. The standard InChI is InChI=1S/C24H26Br4N4O8/c1-37-17-11(25)7-23(19(33)15(17)27)9-13(31-39-23)21(35)29-5-3-4-6-30-22(36)14-10-24(40-32-14)8-12(26)18(38-2)16(28)20(24)34/h7-8,19-20,33-34H,3-6,9-10H2,1-2H3,(H,29,35)(H,30,36)/t19-,20+,23+,24-. The van der Waals surface area contributed by atoms with E-state index in [4.69, 9.17) is 19.1 Å². The first-order valence-electron chi connectivity index (χ1n) is 12.1. The summed E-state index contributed by atoms with van der Waals surface area (Å²) in [7, 11) is 2.96. The summed E-state index contributed by atoms with van der Waals surface area (Å²) in [6.45, 7) is 0.696. The van der Waals surface area contributed by atoms with Crippen molar-refractivity contribution in [3.8, 4) is 0 Å². The molecular formula is C24H26Br4N4O8. The smallest absolute Gasteiger partial charge is 0.269 e. The van der Waals surface area contributed by atoms with Crippen molar-refractivity contribution in [2.75, 3.05) is 27.3 Å². The molecule has 0 aromatic heterocycles. The van der Waals surface area contributed by atoms with Gasteiger partial charge in [0.1, 0.15) is 35.1 Å². The number of allylic oxidation sites excluding steroid dienone is 2. The van der Waals surface area contributed by atoms with Crippen LogP contribution in [0.3, 0.4) is 0 Å². The lowest BCUT2D eigenvalue weighted by molar-refractivity contribution is -0.115. The largest absolute Gasteiger partial charge is 0.495 e. The minimum absolute atomic E-state index is 0.0720. The third-order valence-corrected chi connectivity index (χ3v) is 9.43.